The molecule has 1 N–H and O–H groups in total. The summed E-state index contributed by atoms with van der Waals surface area (Å²) >= 11 is 0. The van der Waals surface area contributed by atoms with Crippen molar-refractivity contribution in [3.05, 3.63) is 23.8 Å². The van der Waals surface area contributed by atoms with Crippen molar-refractivity contribution in [2.75, 3.05) is 26.5 Å². The Kier molecular flexibility index (Phi) is 4.12. The molecule has 0 spiro atoms. The maximum absolute atomic E-state index is 12.3. The standard InChI is InChI=1S/C18H23NO4/c20-18(13-6-7-16-17(10-13)23-12-22-16)21-11-14-4-3-9-19-8-2-1-5-15(14)19/h6-7,10,14-15H,1-5,8-9,11-12H2/p+1/t14-,15-/m0/s1. The Labute approximate surface area is 136 Å². The molecule has 3 heterocycles. The van der Waals surface area contributed by atoms with E-state index in [1.807, 2.05) is 0 Å². The second-order valence-corrected chi connectivity index (χ2v) is 6.83. The Hall–Kier alpha value is -1.75. The number of quaternary nitrogens is 1. The van der Waals surface area contributed by atoms with Crippen molar-refractivity contribution in [2.24, 2.45) is 5.92 Å². The molecule has 2 saturated heterocycles. The van der Waals surface area contributed by atoms with E-state index in [0.29, 0.717) is 35.6 Å². The fourth-order valence-electron chi connectivity index (χ4n) is 4.27. The van der Waals surface area contributed by atoms with E-state index in [-0.39, 0.29) is 12.8 Å². The maximum atomic E-state index is 12.3. The van der Waals surface area contributed by atoms with Gasteiger partial charge in [-0.3, -0.25) is 0 Å². The zero-order valence-corrected chi connectivity index (χ0v) is 13.4. The quantitative estimate of drug-likeness (QED) is 0.857. The van der Waals surface area contributed by atoms with Gasteiger partial charge >= 0.3 is 5.97 Å². The van der Waals surface area contributed by atoms with Crippen LogP contribution in [0.3, 0.4) is 0 Å². The number of fused-ring (bicyclic) bond motifs is 2. The second kappa shape index (κ2) is 6.40. The van der Waals surface area contributed by atoms with Crippen molar-refractivity contribution in [3.8, 4) is 11.5 Å². The van der Waals surface area contributed by atoms with Gasteiger partial charge in [0.1, 0.15) is 6.61 Å². The number of nitrogens with one attached hydrogen (secondary N) is 1. The van der Waals surface area contributed by atoms with Crippen LogP contribution in [0.1, 0.15) is 42.5 Å². The minimum Gasteiger partial charge on any atom is -0.462 e. The number of hydrogen-bond acceptors (Lipinski definition) is 4. The zero-order valence-electron chi connectivity index (χ0n) is 13.4. The van der Waals surface area contributed by atoms with Crippen LogP contribution in [0, 0.1) is 5.92 Å². The molecule has 0 amide bonds. The molecule has 0 saturated carbocycles. The third-order valence-electron chi connectivity index (χ3n) is 5.47. The van der Waals surface area contributed by atoms with Gasteiger partial charge in [-0.1, -0.05) is 0 Å². The molecule has 5 nitrogen and oxygen atoms in total. The van der Waals surface area contributed by atoms with E-state index in [0.717, 1.165) is 0 Å². The van der Waals surface area contributed by atoms with Crippen LogP contribution >= 0.6 is 0 Å². The van der Waals surface area contributed by atoms with Crippen LogP contribution in [0.4, 0.5) is 0 Å². The summed E-state index contributed by atoms with van der Waals surface area (Å²) in [4.78, 5) is 14.1. The van der Waals surface area contributed by atoms with Gasteiger partial charge in [0.05, 0.1) is 24.7 Å². The molecule has 124 valence electrons. The summed E-state index contributed by atoms with van der Waals surface area (Å²) < 4.78 is 16.2. The van der Waals surface area contributed by atoms with Crippen LogP contribution in [0.5, 0.6) is 11.5 Å². The van der Waals surface area contributed by atoms with Crippen LogP contribution in [0.15, 0.2) is 18.2 Å². The molecule has 1 aromatic rings. The van der Waals surface area contributed by atoms with Crippen molar-refractivity contribution in [3.63, 3.8) is 0 Å². The summed E-state index contributed by atoms with van der Waals surface area (Å²) in [6.07, 6.45) is 6.37. The largest absolute Gasteiger partial charge is 0.462 e. The van der Waals surface area contributed by atoms with E-state index in [9.17, 15) is 4.79 Å². The van der Waals surface area contributed by atoms with Gasteiger partial charge in [0.25, 0.3) is 0 Å². The SMILES string of the molecule is O=C(OC[C@@H]1CCC[NH+]2CCCC[C@@H]12)c1ccc2c(c1)OCO2. The molecular formula is C18H24NO4+. The van der Waals surface area contributed by atoms with Gasteiger partial charge < -0.3 is 19.1 Å². The summed E-state index contributed by atoms with van der Waals surface area (Å²) in [7, 11) is 0. The van der Waals surface area contributed by atoms with Crippen molar-refractivity contribution in [1.82, 2.24) is 0 Å². The van der Waals surface area contributed by atoms with Crippen molar-refractivity contribution in [2.45, 2.75) is 38.1 Å². The van der Waals surface area contributed by atoms with E-state index >= 15 is 0 Å². The first-order valence-electron chi connectivity index (χ1n) is 8.72. The number of carbonyl (C=O) groups is 1. The molecule has 5 heteroatoms. The van der Waals surface area contributed by atoms with Crippen LogP contribution in [-0.4, -0.2) is 38.5 Å². The van der Waals surface area contributed by atoms with Gasteiger partial charge in [-0.05, 0) is 50.3 Å². The van der Waals surface area contributed by atoms with Crippen molar-refractivity contribution in [1.29, 1.82) is 0 Å². The number of rotatable bonds is 3. The Balaban J connectivity index is 1.37. The third-order valence-corrected chi connectivity index (χ3v) is 5.47. The highest BCUT2D eigenvalue weighted by Crippen LogP contribution is 2.32. The van der Waals surface area contributed by atoms with Crippen molar-refractivity contribution < 1.29 is 23.9 Å². The summed E-state index contributed by atoms with van der Waals surface area (Å²) in [6.45, 7) is 3.34. The lowest BCUT2D eigenvalue weighted by Gasteiger charge is -2.40. The zero-order chi connectivity index (χ0) is 15.6. The monoisotopic (exact) mass is 318 g/mol. The first-order valence-corrected chi connectivity index (χ1v) is 8.72. The average Bonchev–Trinajstić information content (AvgIpc) is 3.07. The minimum absolute atomic E-state index is 0.218. The van der Waals surface area contributed by atoms with Gasteiger partial charge in [-0.25, -0.2) is 4.79 Å². The molecule has 3 aliphatic heterocycles. The Morgan fingerprint density at radius 1 is 1.13 bits per heavy atom. The lowest BCUT2D eigenvalue weighted by atomic mass is 9.84. The number of carbonyl (C=O) groups excluding carboxylic acids is 1. The Bertz CT molecular complexity index is 586. The molecular weight excluding hydrogens is 294 g/mol. The van der Waals surface area contributed by atoms with Crippen LogP contribution in [0.25, 0.3) is 0 Å². The fourth-order valence-corrected chi connectivity index (χ4v) is 4.27. The van der Waals surface area contributed by atoms with Gasteiger partial charge in [0, 0.05) is 5.92 Å². The Morgan fingerprint density at radius 3 is 2.96 bits per heavy atom. The number of ether oxygens (including phenoxy) is 3. The summed E-state index contributed by atoms with van der Waals surface area (Å²) in [5.41, 5.74) is 0.540. The minimum atomic E-state index is -0.258. The van der Waals surface area contributed by atoms with Crippen LogP contribution < -0.4 is 14.4 Å². The van der Waals surface area contributed by atoms with Gasteiger partial charge in [-0.2, -0.15) is 0 Å². The Morgan fingerprint density at radius 2 is 2.00 bits per heavy atom. The van der Waals surface area contributed by atoms with Gasteiger partial charge in [0.2, 0.25) is 6.79 Å². The highest BCUT2D eigenvalue weighted by molar-refractivity contribution is 5.90. The molecule has 3 atom stereocenters. The van der Waals surface area contributed by atoms with E-state index < -0.39 is 0 Å². The summed E-state index contributed by atoms with van der Waals surface area (Å²) in [5.74, 6) is 1.57. The van der Waals surface area contributed by atoms with E-state index in [1.54, 1.807) is 23.1 Å². The highest BCUT2D eigenvalue weighted by Gasteiger charge is 2.37. The first-order chi connectivity index (χ1) is 11.3. The number of piperidine rings is 2. The number of hydrogen-bond donors (Lipinski definition) is 1. The highest BCUT2D eigenvalue weighted by atomic mass is 16.7. The maximum Gasteiger partial charge on any atom is 0.338 e. The number of benzene rings is 1. The molecule has 4 rings (SSSR count). The van der Waals surface area contributed by atoms with E-state index in [2.05, 4.69) is 0 Å². The molecule has 0 aliphatic carbocycles. The topological polar surface area (TPSA) is 49.2 Å². The molecule has 23 heavy (non-hydrogen) atoms. The average molecular weight is 318 g/mol. The molecule has 0 radical (unpaired) electrons. The lowest BCUT2D eigenvalue weighted by molar-refractivity contribution is -0.940. The molecule has 1 aromatic carbocycles. The molecule has 0 bridgehead atoms. The smallest absolute Gasteiger partial charge is 0.338 e. The summed E-state index contributed by atoms with van der Waals surface area (Å²) in [6, 6.07) is 5.91. The third kappa shape index (κ3) is 3.02. The van der Waals surface area contributed by atoms with Crippen molar-refractivity contribution >= 4 is 5.97 Å². The molecule has 0 aromatic heterocycles. The molecule has 2 fully saturated rings. The van der Waals surface area contributed by atoms with Crippen LogP contribution in [-0.2, 0) is 4.74 Å². The normalized spacial score (nSPS) is 29.0. The van der Waals surface area contributed by atoms with Crippen LogP contribution in [0.2, 0.25) is 0 Å². The second-order valence-electron chi connectivity index (χ2n) is 6.83. The summed E-state index contributed by atoms with van der Waals surface area (Å²) in [5, 5.41) is 0. The number of esters is 1. The lowest BCUT2D eigenvalue weighted by Crippen LogP contribution is -3.18. The predicted molar refractivity (Wildman–Crippen MR) is 83.9 cm³/mol. The first kappa shape index (κ1) is 14.8. The molecule has 3 aliphatic rings. The predicted octanol–water partition coefficient (Wildman–Crippen LogP) is 1.42. The van der Waals surface area contributed by atoms with E-state index in [4.69, 9.17) is 14.2 Å². The van der Waals surface area contributed by atoms with E-state index in [1.165, 1.54) is 45.2 Å². The molecule has 1 unspecified atom stereocenters. The van der Waals surface area contributed by atoms with Gasteiger partial charge in [0.15, 0.2) is 11.5 Å². The van der Waals surface area contributed by atoms with Gasteiger partial charge in [-0.15, -0.1) is 0 Å². The fraction of sp³-hybridized carbons (Fsp3) is 0.611.